The minimum Gasteiger partial charge on any atom is -0.350 e. The van der Waals surface area contributed by atoms with Gasteiger partial charge >= 0.3 is 0 Å². The van der Waals surface area contributed by atoms with E-state index >= 15 is 0 Å². The number of amides is 1. The second-order valence-corrected chi connectivity index (χ2v) is 7.81. The fraction of sp³-hybridized carbons (Fsp3) is 0.450. The lowest BCUT2D eigenvalue weighted by Gasteiger charge is -2.36. The lowest BCUT2D eigenvalue weighted by atomic mass is 9.97. The molecule has 0 spiro atoms. The number of hydrogen-bond donors (Lipinski definition) is 1. The quantitative estimate of drug-likeness (QED) is 0.880. The van der Waals surface area contributed by atoms with Crippen LogP contribution in [0.15, 0.2) is 41.8 Å². The first-order chi connectivity index (χ1) is 11.6. The summed E-state index contributed by atoms with van der Waals surface area (Å²) in [6.45, 7) is 7.24. The number of rotatable bonds is 5. The molecule has 128 valence electrons. The molecule has 1 unspecified atom stereocenters. The van der Waals surface area contributed by atoms with E-state index in [1.807, 2.05) is 31.2 Å². The summed E-state index contributed by atoms with van der Waals surface area (Å²) in [5.74, 6) is 0.831. The third kappa shape index (κ3) is 4.25. The fourth-order valence-electron chi connectivity index (χ4n) is 3.31. The Hall–Kier alpha value is -1.65. The van der Waals surface area contributed by atoms with Gasteiger partial charge in [-0.25, -0.2) is 0 Å². The normalized spacial score (nSPS) is 17.6. The van der Waals surface area contributed by atoms with E-state index in [-0.39, 0.29) is 11.9 Å². The molecule has 2 heterocycles. The molecule has 1 aliphatic heterocycles. The highest BCUT2D eigenvalue weighted by molar-refractivity contribution is 7.10. The molecule has 2 aromatic rings. The average Bonchev–Trinajstić information content (AvgIpc) is 3.11. The molecule has 1 saturated heterocycles. The van der Waals surface area contributed by atoms with Crippen molar-refractivity contribution in [3.63, 3.8) is 0 Å². The maximum absolute atomic E-state index is 12.5. The summed E-state index contributed by atoms with van der Waals surface area (Å²) in [6.07, 6.45) is 2.49. The summed E-state index contributed by atoms with van der Waals surface area (Å²) in [4.78, 5) is 16.4. The largest absolute Gasteiger partial charge is 0.350 e. The highest BCUT2D eigenvalue weighted by atomic mass is 32.1. The topological polar surface area (TPSA) is 32.3 Å². The van der Waals surface area contributed by atoms with E-state index in [9.17, 15) is 4.79 Å². The minimum atomic E-state index is 0.0191. The van der Waals surface area contributed by atoms with Gasteiger partial charge in [0.15, 0.2) is 0 Å². The summed E-state index contributed by atoms with van der Waals surface area (Å²) in [7, 11) is 0. The van der Waals surface area contributed by atoms with E-state index in [2.05, 4.69) is 34.7 Å². The van der Waals surface area contributed by atoms with Crippen LogP contribution in [0.1, 0.15) is 46.6 Å². The van der Waals surface area contributed by atoms with Gasteiger partial charge in [-0.2, -0.15) is 0 Å². The Morgan fingerprint density at radius 1 is 1.29 bits per heavy atom. The second-order valence-electron chi connectivity index (χ2n) is 6.83. The van der Waals surface area contributed by atoms with Crippen LogP contribution in [0.2, 0.25) is 0 Å². The number of hydrogen-bond acceptors (Lipinski definition) is 3. The van der Waals surface area contributed by atoms with E-state index < -0.39 is 0 Å². The first kappa shape index (κ1) is 17.2. The third-order valence-corrected chi connectivity index (χ3v) is 5.84. The number of nitrogens with zero attached hydrogens (tertiary/aromatic N) is 1. The predicted molar refractivity (Wildman–Crippen MR) is 101 cm³/mol. The molecule has 3 rings (SSSR count). The standard InChI is InChI=1S/C20H26N2OS/c1-15-8-10-22(11-9-15)18(19-7-4-12-24-19)14-21-20(23)17-6-3-5-16(2)13-17/h3-7,12-13,15,18H,8-11,14H2,1-2H3,(H,21,23). The molecule has 0 radical (unpaired) electrons. The van der Waals surface area contributed by atoms with Crippen LogP contribution in [-0.2, 0) is 0 Å². The van der Waals surface area contributed by atoms with Gasteiger partial charge in [-0.15, -0.1) is 11.3 Å². The molecule has 24 heavy (non-hydrogen) atoms. The summed E-state index contributed by atoms with van der Waals surface area (Å²) >= 11 is 1.78. The zero-order chi connectivity index (χ0) is 16.9. The molecule has 1 fully saturated rings. The first-order valence-electron chi connectivity index (χ1n) is 8.76. The molecule has 3 nitrogen and oxygen atoms in total. The Labute approximate surface area is 148 Å². The number of aryl methyl sites for hydroxylation is 1. The van der Waals surface area contributed by atoms with Gasteiger partial charge in [-0.1, -0.05) is 30.7 Å². The highest BCUT2D eigenvalue weighted by Crippen LogP contribution is 2.29. The van der Waals surface area contributed by atoms with Gasteiger partial charge in [0.25, 0.3) is 5.91 Å². The molecule has 0 aliphatic carbocycles. The monoisotopic (exact) mass is 342 g/mol. The van der Waals surface area contributed by atoms with Gasteiger partial charge in [0.2, 0.25) is 0 Å². The van der Waals surface area contributed by atoms with Crippen molar-refractivity contribution in [1.82, 2.24) is 10.2 Å². The maximum atomic E-state index is 12.5. The number of likely N-dealkylation sites (tertiary alicyclic amines) is 1. The summed E-state index contributed by atoms with van der Waals surface area (Å²) in [5.41, 5.74) is 1.86. The Morgan fingerprint density at radius 3 is 2.75 bits per heavy atom. The Bertz CT molecular complexity index is 660. The number of piperidine rings is 1. The van der Waals surface area contributed by atoms with Crippen LogP contribution in [0, 0.1) is 12.8 Å². The van der Waals surface area contributed by atoms with Crippen LogP contribution in [0.3, 0.4) is 0 Å². The van der Waals surface area contributed by atoms with Crippen LogP contribution in [-0.4, -0.2) is 30.4 Å². The number of carbonyl (C=O) groups is 1. The van der Waals surface area contributed by atoms with E-state index in [4.69, 9.17) is 0 Å². The Kier molecular flexibility index (Phi) is 5.69. The van der Waals surface area contributed by atoms with E-state index in [1.54, 1.807) is 11.3 Å². The van der Waals surface area contributed by atoms with Crippen LogP contribution < -0.4 is 5.32 Å². The molecular weight excluding hydrogens is 316 g/mol. The minimum absolute atomic E-state index is 0.0191. The van der Waals surface area contributed by atoms with Crippen LogP contribution in [0.4, 0.5) is 0 Å². The molecule has 0 saturated carbocycles. The third-order valence-electron chi connectivity index (χ3n) is 4.87. The molecule has 1 amide bonds. The molecule has 1 aromatic carbocycles. The van der Waals surface area contributed by atoms with E-state index in [1.165, 1.54) is 17.7 Å². The van der Waals surface area contributed by atoms with Crippen molar-refractivity contribution in [3.8, 4) is 0 Å². The van der Waals surface area contributed by atoms with E-state index in [0.717, 1.165) is 30.1 Å². The zero-order valence-corrected chi connectivity index (χ0v) is 15.3. The van der Waals surface area contributed by atoms with E-state index in [0.29, 0.717) is 6.54 Å². The van der Waals surface area contributed by atoms with Crippen molar-refractivity contribution in [1.29, 1.82) is 0 Å². The highest BCUT2D eigenvalue weighted by Gasteiger charge is 2.25. The smallest absolute Gasteiger partial charge is 0.251 e. The van der Waals surface area contributed by atoms with Gasteiger partial charge < -0.3 is 5.32 Å². The predicted octanol–water partition coefficient (Wildman–Crippen LogP) is 4.26. The van der Waals surface area contributed by atoms with Crippen molar-refractivity contribution in [2.24, 2.45) is 5.92 Å². The molecule has 4 heteroatoms. The van der Waals surface area contributed by atoms with Crippen molar-refractivity contribution in [2.45, 2.75) is 32.7 Å². The molecule has 1 aliphatic rings. The summed E-state index contributed by atoms with van der Waals surface area (Å²) in [6, 6.07) is 12.3. The number of carbonyl (C=O) groups excluding carboxylic acids is 1. The number of nitrogens with one attached hydrogen (secondary N) is 1. The molecule has 1 N–H and O–H groups in total. The van der Waals surface area contributed by atoms with Crippen molar-refractivity contribution < 1.29 is 4.79 Å². The van der Waals surface area contributed by atoms with Crippen LogP contribution in [0.25, 0.3) is 0 Å². The van der Waals surface area contributed by atoms with Gasteiger partial charge in [0.05, 0.1) is 6.04 Å². The molecule has 1 aromatic heterocycles. The zero-order valence-electron chi connectivity index (χ0n) is 14.5. The lowest BCUT2D eigenvalue weighted by molar-refractivity contribution is 0.0915. The second kappa shape index (κ2) is 7.95. The number of benzene rings is 1. The fourth-order valence-corrected chi connectivity index (χ4v) is 4.17. The van der Waals surface area contributed by atoms with Crippen LogP contribution >= 0.6 is 11.3 Å². The summed E-state index contributed by atoms with van der Waals surface area (Å²) < 4.78 is 0. The van der Waals surface area contributed by atoms with Crippen molar-refractivity contribution in [2.75, 3.05) is 19.6 Å². The molecule has 1 atom stereocenters. The summed E-state index contributed by atoms with van der Waals surface area (Å²) in [5, 5.41) is 5.27. The van der Waals surface area contributed by atoms with Gasteiger partial charge in [0.1, 0.15) is 0 Å². The number of thiophene rings is 1. The molecule has 0 bridgehead atoms. The SMILES string of the molecule is Cc1cccc(C(=O)NCC(c2cccs2)N2CCC(C)CC2)c1. The van der Waals surface area contributed by atoms with Crippen molar-refractivity contribution >= 4 is 17.2 Å². The van der Waals surface area contributed by atoms with Gasteiger partial charge in [-0.3, -0.25) is 9.69 Å². The first-order valence-corrected chi connectivity index (χ1v) is 9.64. The van der Waals surface area contributed by atoms with Gasteiger partial charge in [-0.05, 0) is 62.4 Å². The molecular formula is C20H26N2OS. The maximum Gasteiger partial charge on any atom is 0.251 e. The Morgan fingerprint density at radius 2 is 2.08 bits per heavy atom. The average molecular weight is 343 g/mol. The van der Waals surface area contributed by atoms with Gasteiger partial charge in [0, 0.05) is 17.0 Å². The van der Waals surface area contributed by atoms with Crippen LogP contribution in [0.5, 0.6) is 0 Å². The lowest BCUT2D eigenvalue weighted by Crippen LogP contribution is -2.41. The van der Waals surface area contributed by atoms with Crippen molar-refractivity contribution in [3.05, 3.63) is 57.8 Å². The Balaban J connectivity index is 1.67.